The summed E-state index contributed by atoms with van der Waals surface area (Å²) in [5.74, 6) is 1.99. The van der Waals surface area contributed by atoms with Gasteiger partial charge in [-0.2, -0.15) is 0 Å². The standard InChI is InChI=1S/C16H20N2O3/c1-17-10-12-7-8-14(15(9-12)19-2)21-11-13-5-4-6-16(18-13)20-3/h4-9,17H,10-11H2,1-3H3. The quantitative estimate of drug-likeness (QED) is 0.848. The van der Waals surface area contributed by atoms with Crippen molar-refractivity contribution >= 4 is 0 Å². The van der Waals surface area contributed by atoms with Gasteiger partial charge in [0.2, 0.25) is 5.88 Å². The van der Waals surface area contributed by atoms with E-state index in [4.69, 9.17) is 14.2 Å². The van der Waals surface area contributed by atoms with Gasteiger partial charge in [-0.1, -0.05) is 12.1 Å². The first-order chi connectivity index (χ1) is 10.3. The minimum Gasteiger partial charge on any atom is -0.493 e. The number of rotatable bonds is 7. The molecular formula is C16H20N2O3. The normalized spacial score (nSPS) is 10.2. The first-order valence-electron chi connectivity index (χ1n) is 6.71. The van der Waals surface area contributed by atoms with Crippen LogP contribution in [0.15, 0.2) is 36.4 Å². The molecule has 1 heterocycles. The van der Waals surface area contributed by atoms with Gasteiger partial charge in [0, 0.05) is 12.6 Å². The topological polar surface area (TPSA) is 52.6 Å². The lowest BCUT2D eigenvalue weighted by Crippen LogP contribution is -2.06. The van der Waals surface area contributed by atoms with Gasteiger partial charge in [-0.25, -0.2) is 4.98 Å². The fraction of sp³-hybridized carbons (Fsp3) is 0.312. The van der Waals surface area contributed by atoms with Gasteiger partial charge in [-0.05, 0) is 30.8 Å². The first kappa shape index (κ1) is 15.1. The average molecular weight is 288 g/mol. The summed E-state index contributed by atoms with van der Waals surface area (Å²) >= 11 is 0. The van der Waals surface area contributed by atoms with E-state index in [9.17, 15) is 0 Å². The molecule has 0 amide bonds. The molecule has 0 fully saturated rings. The summed E-state index contributed by atoms with van der Waals surface area (Å²) in [4.78, 5) is 4.31. The molecule has 0 aliphatic heterocycles. The van der Waals surface area contributed by atoms with Crippen LogP contribution < -0.4 is 19.5 Å². The zero-order valence-corrected chi connectivity index (χ0v) is 12.6. The molecule has 0 saturated heterocycles. The van der Waals surface area contributed by atoms with E-state index in [1.165, 1.54) is 0 Å². The van der Waals surface area contributed by atoms with Crippen LogP contribution in [0.4, 0.5) is 0 Å². The predicted molar refractivity (Wildman–Crippen MR) is 80.9 cm³/mol. The van der Waals surface area contributed by atoms with Crippen molar-refractivity contribution in [3.63, 3.8) is 0 Å². The van der Waals surface area contributed by atoms with Crippen LogP contribution in [-0.4, -0.2) is 26.3 Å². The molecule has 0 aliphatic rings. The number of benzene rings is 1. The van der Waals surface area contributed by atoms with Crippen LogP contribution in [-0.2, 0) is 13.2 Å². The molecule has 0 saturated carbocycles. The zero-order chi connectivity index (χ0) is 15.1. The van der Waals surface area contributed by atoms with E-state index in [-0.39, 0.29) is 0 Å². The lowest BCUT2D eigenvalue weighted by Gasteiger charge is -2.12. The summed E-state index contributed by atoms with van der Waals surface area (Å²) in [5, 5.41) is 3.11. The number of ether oxygens (including phenoxy) is 3. The summed E-state index contributed by atoms with van der Waals surface area (Å²) < 4.78 is 16.2. The average Bonchev–Trinajstić information content (AvgIpc) is 2.54. The van der Waals surface area contributed by atoms with Gasteiger partial charge in [-0.15, -0.1) is 0 Å². The predicted octanol–water partition coefficient (Wildman–Crippen LogP) is 2.40. The Bertz CT molecular complexity index is 587. The van der Waals surface area contributed by atoms with Crippen molar-refractivity contribution in [2.24, 2.45) is 0 Å². The Morgan fingerprint density at radius 1 is 1.05 bits per heavy atom. The Hall–Kier alpha value is -2.27. The number of nitrogens with zero attached hydrogens (tertiary/aromatic N) is 1. The molecule has 2 rings (SSSR count). The number of pyridine rings is 1. The van der Waals surface area contributed by atoms with Gasteiger partial charge in [0.1, 0.15) is 6.61 Å². The lowest BCUT2D eigenvalue weighted by molar-refractivity contribution is 0.278. The van der Waals surface area contributed by atoms with Gasteiger partial charge in [0.25, 0.3) is 0 Å². The van der Waals surface area contributed by atoms with E-state index in [1.807, 2.05) is 37.4 Å². The molecule has 112 valence electrons. The summed E-state index contributed by atoms with van der Waals surface area (Å²) in [5.41, 5.74) is 1.94. The summed E-state index contributed by atoms with van der Waals surface area (Å²) in [6, 6.07) is 11.5. The molecular weight excluding hydrogens is 268 g/mol. The Kier molecular flexibility index (Phi) is 5.40. The molecule has 0 spiro atoms. The highest BCUT2D eigenvalue weighted by Crippen LogP contribution is 2.28. The van der Waals surface area contributed by atoms with E-state index in [0.29, 0.717) is 24.0 Å². The molecule has 21 heavy (non-hydrogen) atoms. The van der Waals surface area contributed by atoms with Crippen LogP contribution in [0.3, 0.4) is 0 Å². The maximum atomic E-state index is 5.78. The van der Waals surface area contributed by atoms with Crippen molar-refractivity contribution in [2.45, 2.75) is 13.2 Å². The van der Waals surface area contributed by atoms with E-state index in [0.717, 1.165) is 17.8 Å². The molecule has 0 radical (unpaired) electrons. The Morgan fingerprint density at radius 2 is 1.90 bits per heavy atom. The van der Waals surface area contributed by atoms with Crippen LogP contribution in [0, 0.1) is 0 Å². The maximum Gasteiger partial charge on any atom is 0.213 e. The van der Waals surface area contributed by atoms with Crippen LogP contribution in [0.2, 0.25) is 0 Å². The second-order valence-electron chi connectivity index (χ2n) is 4.48. The fourth-order valence-corrected chi connectivity index (χ4v) is 1.95. The highest BCUT2D eigenvalue weighted by Gasteiger charge is 2.07. The molecule has 0 bridgehead atoms. The van der Waals surface area contributed by atoms with Crippen molar-refractivity contribution in [1.82, 2.24) is 10.3 Å². The zero-order valence-electron chi connectivity index (χ0n) is 12.6. The number of aromatic nitrogens is 1. The number of hydrogen-bond acceptors (Lipinski definition) is 5. The highest BCUT2D eigenvalue weighted by molar-refractivity contribution is 5.43. The molecule has 0 atom stereocenters. The van der Waals surface area contributed by atoms with Crippen molar-refractivity contribution in [2.75, 3.05) is 21.3 Å². The Labute approximate surface area is 124 Å². The largest absolute Gasteiger partial charge is 0.493 e. The Morgan fingerprint density at radius 3 is 2.62 bits per heavy atom. The second kappa shape index (κ2) is 7.50. The van der Waals surface area contributed by atoms with Gasteiger partial charge in [-0.3, -0.25) is 0 Å². The second-order valence-corrected chi connectivity index (χ2v) is 4.48. The van der Waals surface area contributed by atoms with E-state index >= 15 is 0 Å². The Balaban J connectivity index is 2.08. The molecule has 1 aromatic heterocycles. The highest BCUT2D eigenvalue weighted by atomic mass is 16.5. The van der Waals surface area contributed by atoms with E-state index in [1.54, 1.807) is 20.3 Å². The smallest absolute Gasteiger partial charge is 0.213 e. The molecule has 2 aromatic rings. The van der Waals surface area contributed by atoms with Gasteiger partial charge in [0.15, 0.2) is 11.5 Å². The minimum absolute atomic E-state index is 0.360. The molecule has 0 aliphatic carbocycles. The monoisotopic (exact) mass is 288 g/mol. The summed E-state index contributed by atoms with van der Waals surface area (Å²) in [6.45, 7) is 1.15. The summed E-state index contributed by atoms with van der Waals surface area (Å²) in [7, 11) is 5.14. The van der Waals surface area contributed by atoms with Crippen LogP contribution in [0.5, 0.6) is 17.4 Å². The third-order valence-electron chi connectivity index (χ3n) is 2.97. The molecule has 5 heteroatoms. The number of methoxy groups -OCH3 is 2. The third kappa shape index (κ3) is 4.10. The lowest BCUT2D eigenvalue weighted by atomic mass is 10.2. The van der Waals surface area contributed by atoms with Crippen molar-refractivity contribution < 1.29 is 14.2 Å². The van der Waals surface area contributed by atoms with Crippen molar-refractivity contribution in [3.05, 3.63) is 47.7 Å². The number of nitrogens with one attached hydrogen (secondary N) is 1. The number of hydrogen-bond donors (Lipinski definition) is 1. The van der Waals surface area contributed by atoms with Crippen molar-refractivity contribution in [3.8, 4) is 17.4 Å². The molecule has 0 unspecified atom stereocenters. The molecule has 1 aromatic carbocycles. The van der Waals surface area contributed by atoms with E-state index < -0.39 is 0 Å². The SMILES string of the molecule is CNCc1ccc(OCc2cccc(OC)n2)c(OC)c1. The minimum atomic E-state index is 0.360. The summed E-state index contributed by atoms with van der Waals surface area (Å²) in [6.07, 6.45) is 0. The maximum absolute atomic E-state index is 5.78. The molecule has 5 nitrogen and oxygen atoms in total. The fourth-order valence-electron chi connectivity index (χ4n) is 1.95. The molecule has 1 N–H and O–H groups in total. The van der Waals surface area contributed by atoms with Gasteiger partial charge in [0.05, 0.1) is 19.9 Å². The van der Waals surface area contributed by atoms with Crippen LogP contribution >= 0.6 is 0 Å². The van der Waals surface area contributed by atoms with Crippen molar-refractivity contribution in [1.29, 1.82) is 0 Å². The van der Waals surface area contributed by atoms with Gasteiger partial charge < -0.3 is 19.5 Å². The van der Waals surface area contributed by atoms with Crippen LogP contribution in [0.1, 0.15) is 11.3 Å². The van der Waals surface area contributed by atoms with E-state index in [2.05, 4.69) is 10.3 Å². The first-order valence-corrected chi connectivity index (χ1v) is 6.71. The van der Waals surface area contributed by atoms with Crippen LogP contribution in [0.25, 0.3) is 0 Å². The third-order valence-corrected chi connectivity index (χ3v) is 2.97. The van der Waals surface area contributed by atoms with Gasteiger partial charge >= 0.3 is 0 Å².